The minimum atomic E-state index is -0.679. The zero-order chi connectivity index (χ0) is 20.0. The normalized spacial score (nSPS) is 11.3. The molecule has 0 spiro atoms. The van der Waals surface area contributed by atoms with Gasteiger partial charge in [0.1, 0.15) is 17.0 Å². The summed E-state index contributed by atoms with van der Waals surface area (Å²) in [4.78, 5) is 0. The molecular weight excluding hydrogens is 372 g/mol. The molecule has 5 rings (SSSR count). The summed E-state index contributed by atoms with van der Waals surface area (Å²) in [5, 5.41) is 9.22. The van der Waals surface area contributed by atoms with Gasteiger partial charge in [-0.25, -0.2) is 13.5 Å². The van der Waals surface area contributed by atoms with Crippen LogP contribution in [0.5, 0.6) is 0 Å². The molecule has 2 heterocycles. The molecule has 0 atom stereocenters. The van der Waals surface area contributed by atoms with Crippen LogP contribution in [0.4, 0.5) is 8.78 Å². The van der Waals surface area contributed by atoms with E-state index in [0.29, 0.717) is 11.5 Å². The van der Waals surface area contributed by atoms with E-state index < -0.39 is 11.6 Å². The molecule has 0 bridgehead atoms. The van der Waals surface area contributed by atoms with Gasteiger partial charge in [0.2, 0.25) is 0 Å². The molecule has 0 saturated heterocycles. The van der Waals surface area contributed by atoms with Crippen LogP contribution in [0.3, 0.4) is 0 Å². The van der Waals surface area contributed by atoms with Crippen molar-refractivity contribution < 1.29 is 13.3 Å². The van der Waals surface area contributed by atoms with E-state index in [1.54, 1.807) is 12.3 Å². The quantitative estimate of drug-likeness (QED) is 0.385. The van der Waals surface area contributed by atoms with Crippen molar-refractivity contribution in [2.45, 2.75) is 6.92 Å². The third-order valence-electron chi connectivity index (χ3n) is 4.87. The first-order valence-corrected chi connectivity index (χ1v) is 9.06. The number of nitrogens with zero attached hydrogens (tertiary/aromatic N) is 3. The molecule has 4 nitrogen and oxygen atoms in total. The van der Waals surface area contributed by atoms with Crippen LogP contribution >= 0.6 is 0 Å². The van der Waals surface area contributed by atoms with Gasteiger partial charge in [-0.1, -0.05) is 41.1 Å². The molecule has 0 unspecified atom stereocenters. The summed E-state index contributed by atoms with van der Waals surface area (Å²) in [6.07, 6.45) is 1.58. The van der Waals surface area contributed by atoms with E-state index in [4.69, 9.17) is 4.52 Å². The fraction of sp³-hybridized carbons (Fsp3) is 0.0435. The van der Waals surface area contributed by atoms with Crippen molar-refractivity contribution in [3.63, 3.8) is 0 Å². The zero-order valence-corrected chi connectivity index (χ0v) is 15.4. The molecule has 2 aromatic heterocycles. The number of hydrogen-bond donors (Lipinski definition) is 0. The van der Waals surface area contributed by atoms with Gasteiger partial charge in [0.15, 0.2) is 11.6 Å². The summed E-state index contributed by atoms with van der Waals surface area (Å²) in [6.45, 7) is 2.02. The van der Waals surface area contributed by atoms with E-state index in [9.17, 15) is 8.78 Å². The van der Waals surface area contributed by atoms with E-state index >= 15 is 0 Å². The number of aromatic nitrogens is 3. The maximum absolute atomic E-state index is 14.3. The Hall–Kier alpha value is -3.80. The number of aryl methyl sites for hydroxylation is 1. The Labute approximate surface area is 165 Å². The topological polar surface area (TPSA) is 43.9 Å². The molecular formula is C23H15F2N3O. The summed E-state index contributed by atoms with van der Waals surface area (Å²) in [7, 11) is 0. The first-order chi connectivity index (χ1) is 14.1. The average molecular weight is 387 g/mol. The Morgan fingerprint density at radius 3 is 2.45 bits per heavy atom. The standard InChI is InChI=1S/C23H15F2N3O/c1-14-2-4-15(5-3-14)23-18-12-16(6-8-20(18)27-29-23)21-10-11-26-28(21)22-9-7-17(24)13-19(22)25/h2-13H,1H3. The van der Waals surface area contributed by atoms with Crippen molar-refractivity contribution >= 4 is 10.9 Å². The van der Waals surface area contributed by atoms with Crippen molar-refractivity contribution in [2.75, 3.05) is 0 Å². The average Bonchev–Trinajstić information content (AvgIpc) is 3.35. The monoisotopic (exact) mass is 387 g/mol. The Morgan fingerprint density at radius 2 is 1.66 bits per heavy atom. The smallest absolute Gasteiger partial charge is 0.174 e. The highest BCUT2D eigenvalue weighted by molar-refractivity contribution is 5.94. The molecule has 29 heavy (non-hydrogen) atoms. The zero-order valence-electron chi connectivity index (χ0n) is 15.4. The number of benzene rings is 3. The summed E-state index contributed by atoms with van der Waals surface area (Å²) in [6, 6.07) is 18.9. The van der Waals surface area contributed by atoms with Crippen molar-refractivity contribution in [2.24, 2.45) is 0 Å². The second kappa shape index (κ2) is 6.67. The molecule has 0 radical (unpaired) electrons. The highest BCUT2D eigenvalue weighted by Crippen LogP contribution is 2.33. The van der Waals surface area contributed by atoms with Gasteiger partial charge in [0, 0.05) is 17.2 Å². The highest BCUT2D eigenvalue weighted by atomic mass is 19.1. The number of fused-ring (bicyclic) bond motifs is 1. The molecule has 142 valence electrons. The van der Waals surface area contributed by atoms with Crippen molar-refractivity contribution in [3.05, 3.63) is 90.1 Å². The minimum absolute atomic E-state index is 0.176. The van der Waals surface area contributed by atoms with E-state index in [1.165, 1.54) is 16.8 Å². The molecule has 5 aromatic rings. The van der Waals surface area contributed by atoms with Gasteiger partial charge in [-0.3, -0.25) is 0 Å². The molecule has 3 aromatic carbocycles. The molecule has 6 heteroatoms. The predicted molar refractivity (Wildman–Crippen MR) is 107 cm³/mol. The minimum Gasteiger partial charge on any atom is -0.355 e. The lowest BCUT2D eigenvalue weighted by molar-refractivity contribution is 0.441. The molecule has 0 aliphatic heterocycles. The van der Waals surface area contributed by atoms with Gasteiger partial charge in [0.05, 0.1) is 17.3 Å². The second-order valence-corrected chi connectivity index (χ2v) is 6.83. The van der Waals surface area contributed by atoms with Crippen LogP contribution in [0.1, 0.15) is 5.56 Å². The predicted octanol–water partition coefficient (Wildman–Crippen LogP) is 5.93. The molecule has 0 aliphatic rings. The van der Waals surface area contributed by atoms with Crippen molar-refractivity contribution in [1.82, 2.24) is 14.9 Å². The van der Waals surface area contributed by atoms with Gasteiger partial charge in [0.25, 0.3) is 0 Å². The van der Waals surface area contributed by atoms with E-state index in [0.717, 1.165) is 33.7 Å². The number of rotatable bonds is 3. The third-order valence-corrected chi connectivity index (χ3v) is 4.87. The van der Waals surface area contributed by atoms with E-state index in [-0.39, 0.29) is 5.69 Å². The van der Waals surface area contributed by atoms with Crippen LogP contribution in [0, 0.1) is 18.6 Å². The number of hydrogen-bond acceptors (Lipinski definition) is 3. The van der Waals surface area contributed by atoms with Gasteiger partial charge >= 0.3 is 0 Å². The lowest BCUT2D eigenvalue weighted by Crippen LogP contribution is -2.02. The largest absolute Gasteiger partial charge is 0.355 e. The van der Waals surface area contributed by atoms with Crippen LogP contribution in [0.25, 0.3) is 39.2 Å². The van der Waals surface area contributed by atoms with Gasteiger partial charge in [-0.2, -0.15) is 5.10 Å². The maximum Gasteiger partial charge on any atom is 0.174 e. The Bertz CT molecular complexity index is 1340. The summed E-state index contributed by atoms with van der Waals surface area (Å²) >= 11 is 0. The molecule has 0 saturated carbocycles. The SMILES string of the molecule is Cc1ccc(-c2onc3ccc(-c4ccnn4-c4ccc(F)cc4F)cc23)cc1. The van der Waals surface area contributed by atoms with Gasteiger partial charge < -0.3 is 4.52 Å². The molecule has 0 aliphatic carbocycles. The van der Waals surface area contributed by atoms with Crippen LogP contribution in [-0.2, 0) is 0 Å². The Balaban J connectivity index is 1.65. The second-order valence-electron chi connectivity index (χ2n) is 6.83. The van der Waals surface area contributed by atoms with Crippen LogP contribution in [0.15, 0.2) is 77.4 Å². The Morgan fingerprint density at radius 1 is 0.862 bits per heavy atom. The molecule has 0 fully saturated rings. The van der Waals surface area contributed by atoms with Crippen molar-refractivity contribution in [3.8, 4) is 28.3 Å². The fourth-order valence-electron chi connectivity index (χ4n) is 3.38. The lowest BCUT2D eigenvalue weighted by Gasteiger charge is -2.09. The van der Waals surface area contributed by atoms with E-state index in [1.807, 2.05) is 49.4 Å². The van der Waals surface area contributed by atoms with Gasteiger partial charge in [-0.05, 0) is 37.3 Å². The first kappa shape index (κ1) is 17.3. The summed E-state index contributed by atoms with van der Waals surface area (Å²) in [5.74, 6) is -0.643. The van der Waals surface area contributed by atoms with Crippen molar-refractivity contribution in [1.29, 1.82) is 0 Å². The third kappa shape index (κ3) is 2.99. The van der Waals surface area contributed by atoms with E-state index in [2.05, 4.69) is 10.3 Å². The lowest BCUT2D eigenvalue weighted by atomic mass is 10.0. The molecule has 0 amide bonds. The molecule has 0 N–H and O–H groups in total. The maximum atomic E-state index is 14.3. The first-order valence-electron chi connectivity index (χ1n) is 9.06. The highest BCUT2D eigenvalue weighted by Gasteiger charge is 2.16. The summed E-state index contributed by atoms with van der Waals surface area (Å²) < 4.78 is 34.6. The van der Waals surface area contributed by atoms with Crippen LogP contribution in [0.2, 0.25) is 0 Å². The van der Waals surface area contributed by atoms with Gasteiger partial charge in [-0.15, -0.1) is 0 Å². The summed E-state index contributed by atoms with van der Waals surface area (Å²) in [5.41, 5.74) is 4.47. The van der Waals surface area contributed by atoms with Crippen LogP contribution < -0.4 is 0 Å². The number of halogens is 2. The Kier molecular flexibility index (Phi) is 3.98. The van der Waals surface area contributed by atoms with Crippen LogP contribution in [-0.4, -0.2) is 14.9 Å². The fourth-order valence-corrected chi connectivity index (χ4v) is 3.38.